The second-order valence-electron chi connectivity index (χ2n) is 10.4. The van der Waals surface area contributed by atoms with Gasteiger partial charge in [0.05, 0.1) is 11.4 Å². The second-order valence-corrected chi connectivity index (χ2v) is 13.4. The number of carbonyl (C=O) groups is 2. The number of carbonyl (C=O) groups excluding carboxylic acids is 2. The monoisotopic (exact) mass is 625 g/mol. The molecule has 4 rings (SSSR count). The zero-order valence-electron chi connectivity index (χ0n) is 22.9. The molecular weight excluding hydrogens is 590 g/mol. The Morgan fingerprint density at radius 2 is 1.60 bits per heavy atom. The Labute approximate surface area is 245 Å². The third-order valence-electron chi connectivity index (χ3n) is 7.30. The highest BCUT2D eigenvalue weighted by Gasteiger charge is 2.34. The van der Waals surface area contributed by atoms with Crippen molar-refractivity contribution in [1.29, 1.82) is 0 Å². The van der Waals surface area contributed by atoms with Gasteiger partial charge in [0, 0.05) is 30.5 Å². The number of rotatable bonds is 11. The Morgan fingerprint density at radius 1 is 0.950 bits per heavy atom. The highest BCUT2D eigenvalue weighted by atomic mass is 79.9. The number of amides is 2. The fraction of sp³-hybridized carbons (Fsp3) is 0.355. The zero-order valence-corrected chi connectivity index (χ0v) is 25.3. The normalized spacial score (nSPS) is 14.7. The predicted molar refractivity (Wildman–Crippen MR) is 160 cm³/mol. The average Bonchev–Trinajstić information content (AvgIpc) is 3.44. The molecule has 0 radical (unpaired) electrons. The number of likely N-dealkylation sites (N-methyl/N-ethyl adjacent to an activating group) is 1. The van der Waals surface area contributed by atoms with Crippen molar-refractivity contribution in [3.63, 3.8) is 0 Å². The van der Waals surface area contributed by atoms with Crippen LogP contribution in [0.25, 0.3) is 0 Å². The van der Waals surface area contributed by atoms with E-state index in [1.54, 1.807) is 12.1 Å². The van der Waals surface area contributed by atoms with Gasteiger partial charge in [0.2, 0.25) is 21.8 Å². The molecule has 1 aliphatic carbocycles. The summed E-state index contributed by atoms with van der Waals surface area (Å²) in [4.78, 5) is 29.4. The van der Waals surface area contributed by atoms with Crippen molar-refractivity contribution in [2.75, 3.05) is 13.6 Å². The van der Waals surface area contributed by atoms with Gasteiger partial charge in [-0.15, -0.1) is 0 Å². The van der Waals surface area contributed by atoms with E-state index in [1.165, 1.54) is 24.1 Å². The number of halogens is 1. The van der Waals surface area contributed by atoms with E-state index in [-0.39, 0.29) is 23.4 Å². The van der Waals surface area contributed by atoms with Crippen molar-refractivity contribution < 1.29 is 18.0 Å². The van der Waals surface area contributed by atoms with Crippen molar-refractivity contribution in [1.82, 2.24) is 14.5 Å². The third kappa shape index (κ3) is 7.80. The minimum Gasteiger partial charge on any atom is -0.352 e. The van der Waals surface area contributed by atoms with Gasteiger partial charge in [-0.25, -0.2) is 8.42 Å². The molecule has 3 aromatic carbocycles. The van der Waals surface area contributed by atoms with E-state index in [9.17, 15) is 18.0 Å². The molecule has 3 aromatic rings. The molecule has 0 aliphatic heterocycles. The van der Waals surface area contributed by atoms with Crippen LogP contribution in [0.5, 0.6) is 0 Å². The van der Waals surface area contributed by atoms with Crippen LogP contribution in [-0.4, -0.2) is 55.1 Å². The maximum absolute atomic E-state index is 14.0. The molecule has 0 aromatic heterocycles. The molecule has 0 saturated heterocycles. The minimum atomic E-state index is -3.91. The molecule has 0 spiro atoms. The Hall–Kier alpha value is -3.01. The van der Waals surface area contributed by atoms with Crippen molar-refractivity contribution in [2.45, 2.75) is 62.6 Å². The fourth-order valence-electron chi connectivity index (χ4n) is 5.01. The molecule has 7 nitrogen and oxygen atoms in total. The zero-order chi connectivity index (χ0) is 28.7. The first kappa shape index (κ1) is 30.0. The van der Waals surface area contributed by atoms with E-state index < -0.39 is 28.5 Å². The summed E-state index contributed by atoms with van der Waals surface area (Å²) in [6.45, 7) is 1.64. The van der Waals surface area contributed by atoms with Crippen molar-refractivity contribution in [3.05, 3.63) is 100 Å². The standard InChI is InChI=1S/C31H36BrN3O4S/c1-23-15-17-28(18-16-23)40(38,39)34(2)22-30(36)35(21-25-11-8-12-26(32)19-25)29(20-24-9-4-3-5-10-24)31(37)33-27-13-6-7-14-27/h3-5,8-12,15-19,27,29H,6-7,13-14,20-22H2,1-2H3,(H,33,37). The lowest BCUT2D eigenvalue weighted by atomic mass is 10.0. The Morgan fingerprint density at radius 3 is 2.25 bits per heavy atom. The highest BCUT2D eigenvalue weighted by molar-refractivity contribution is 9.10. The van der Waals surface area contributed by atoms with Gasteiger partial charge >= 0.3 is 0 Å². The topological polar surface area (TPSA) is 86.8 Å². The van der Waals surface area contributed by atoms with Gasteiger partial charge < -0.3 is 10.2 Å². The molecule has 1 fully saturated rings. The number of nitrogens with one attached hydrogen (secondary N) is 1. The summed E-state index contributed by atoms with van der Waals surface area (Å²) in [5.41, 5.74) is 2.69. The Bertz CT molecular complexity index is 1410. The van der Waals surface area contributed by atoms with Crippen LogP contribution < -0.4 is 5.32 Å². The summed E-state index contributed by atoms with van der Waals surface area (Å²) >= 11 is 3.49. The number of nitrogens with zero attached hydrogens (tertiary/aromatic N) is 2. The Kier molecular flexibility index (Phi) is 10.2. The molecule has 1 aliphatic rings. The molecule has 9 heteroatoms. The first-order chi connectivity index (χ1) is 19.1. The molecule has 40 heavy (non-hydrogen) atoms. The van der Waals surface area contributed by atoms with Gasteiger partial charge in [-0.3, -0.25) is 9.59 Å². The first-order valence-corrected chi connectivity index (χ1v) is 15.8. The molecule has 0 bridgehead atoms. The second kappa shape index (κ2) is 13.6. The highest BCUT2D eigenvalue weighted by Crippen LogP contribution is 2.22. The van der Waals surface area contributed by atoms with Gasteiger partial charge in [0.15, 0.2) is 0 Å². The summed E-state index contributed by atoms with van der Waals surface area (Å²) in [5.74, 6) is -0.663. The Balaban J connectivity index is 1.66. The lowest BCUT2D eigenvalue weighted by Gasteiger charge is -2.33. The number of hydrogen-bond donors (Lipinski definition) is 1. The van der Waals surface area contributed by atoms with Crippen LogP contribution >= 0.6 is 15.9 Å². The minimum absolute atomic E-state index is 0.0817. The lowest BCUT2D eigenvalue weighted by Crippen LogP contribution is -2.54. The molecular formula is C31H36BrN3O4S. The first-order valence-electron chi connectivity index (χ1n) is 13.5. The quantitative estimate of drug-likeness (QED) is 0.322. The summed E-state index contributed by atoms with van der Waals surface area (Å²) < 4.78 is 28.5. The van der Waals surface area contributed by atoms with E-state index in [2.05, 4.69) is 21.2 Å². The van der Waals surface area contributed by atoms with Crippen LogP contribution in [0.1, 0.15) is 42.4 Å². The van der Waals surface area contributed by atoms with Crippen molar-refractivity contribution in [2.24, 2.45) is 0 Å². The number of sulfonamides is 1. The van der Waals surface area contributed by atoms with Crippen LogP contribution in [0, 0.1) is 6.92 Å². The molecule has 2 amide bonds. The van der Waals surface area contributed by atoms with E-state index in [0.29, 0.717) is 6.42 Å². The van der Waals surface area contributed by atoms with Crippen LogP contribution in [0.4, 0.5) is 0 Å². The van der Waals surface area contributed by atoms with Gasteiger partial charge in [-0.1, -0.05) is 88.9 Å². The van der Waals surface area contributed by atoms with Crippen molar-refractivity contribution in [3.8, 4) is 0 Å². The fourth-order valence-corrected chi connectivity index (χ4v) is 6.58. The number of hydrogen-bond acceptors (Lipinski definition) is 4. The van der Waals surface area contributed by atoms with Crippen molar-refractivity contribution >= 4 is 37.8 Å². The van der Waals surface area contributed by atoms with E-state index in [1.807, 2.05) is 61.5 Å². The van der Waals surface area contributed by atoms with Gasteiger partial charge in [-0.05, 0) is 55.2 Å². The number of aryl methyl sites for hydroxylation is 1. The summed E-state index contributed by atoms with van der Waals surface area (Å²) in [5, 5.41) is 3.17. The summed E-state index contributed by atoms with van der Waals surface area (Å²) in [7, 11) is -2.51. The smallest absolute Gasteiger partial charge is 0.243 e. The molecule has 1 saturated carbocycles. The van der Waals surface area contributed by atoms with Crippen LogP contribution in [0.15, 0.2) is 88.2 Å². The molecule has 0 heterocycles. The van der Waals surface area contributed by atoms with Crippen LogP contribution in [0.3, 0.4) is 0 Å². The SMILES string of the molecule is Cc1ccc(S(=O)(=O)N(C)CC(=O)N(Cc2cccc(Br)c2)C(Cc2ccccc2)C(=O)NC2CCCC2)cc1. The molecule has 212 valence electrons. The summed E-state index contributed by atoms with van der Waals surface area (Å²) in [6, 6.07) is 23.0. The molecule has 1 unspecified atom stereocenters. The maximum atomic E-state index is 14.0. The average molecular weight is 627 g/mol. The third-order valence-corrected chi connectivity index (χ3v) is 9.61. The van der Waals surface area contributed by atoms with Crippen LogP contribution in [-0.2, 0) is 32.6 Å². The van der Waals surface area contributed by atoms with Gasteiger partial charge in [-0.2, -0.15) is 4.31 Å². The van der Waals surface area contributed by atoms with E-state index >= 15 is 0 Å². The number of benzene rings is 3. The van der Waals surface area contributed by atoms with E-state index in [4.69, 9.17) is 0 Å². The predicted octanol–water partition coefficient (Wildman–Crippen LogP) is 5.08. The summed E-state index contributed by atoms with van der Waals surface area (Å²) in [6.07, 6.45) is 4.28. The van der Waals surface area contributed by atoms with Crippen LogP contribution in [0.2, 0.25) is 0 Å². The lowest BCUT2D eigenvalue weighted by molar-refractivity contribution is -0.141. The van der Waals surface area contributed by atoms with E-state index in [0.717, 1.165) is 51.2 Å². The largest absolute Gasteiger partial charge is 0.352 e. The maximum Gasteiger partial charge on any atom is 0.243 e. The van der Waals surface area contributed by atoms with Gasteiger partial charge in [0.1, 0.15) is 6.04 Å². The molecule has 1 atom stereocenters. The molecule has 1 N–H and O–H groups in total. The van der Waals surface area contributed by atoms with Gasteiger partial charge in [0.25, 0.3) is 0 Å².